The van der Waals surface area contributed by atoms with Crippen LogP contribution in [0.5, 0.6) is 11.8 Å². The SMILES string of the molecule is CCOC(=O)c1c(C)nc(Oc2ccccc2)nc1-c1ccccc1. The normalized spacial score (nSPS) is 10.3. The molecule has 5 nitrogen and oxygen atoms in total. The first-order chi connectivity index (χ1) is 12.2. The van der Waals surface area contributed by atoms with Crippen LogP contribution in [0.4, 0.5) is 0 Å². The van der Waals surface area contributed by atoms with Crippen LogP contribution in [0.2, 0.25) is 0 Å². The minimum atomic E-state index is -0.440. The van der Waals surface area contributed by atoms with Crippen LogP contribution in [0.25, 0.3) is 11.3 Å². The van der Waals surface area contributed by atoms with E-state index in [-0.39, 0.29) is 12.6 Å². The number of carbonyl (C=O) groups is 1. The Morgan fingerprint density at radius 1 is 0.960 bits per heavy atom. The number of aromatic nitrogens is 2. The van der Waals surface area contributed by atoms with E-state index in [2.05, 4.69) is 9.97 Å². The summed E-state index contributed by atoms with van der Waals surface area (Å²) in [5, 5.41) is 0. The molecular weight excluding hydrogens is 316 g/mol. The van der Waals surface area contributed by atoms with Crippen LogP contribution in [-0.2, 0) is 4.74 Å². The average molecular weight is 334 g/mol. The lowest BCUT2D eigenvalue weighted by atomic mass is 10.0. The molecule has 1 aromatic heterocycles. The topological polar surface area (TPSA) is 61.3 Å². The molecule has 0 bridgehead atoms. The van der Waals surface area contributed by atoms with Gasteiger partial charge in [-0.25, -0.2) is 4.79 Å². The summed E-state index contributed by atoms with van der Waals surface area (Å²) in [7, 11) is 0. The lowest BCUT2D eigenvalue weighted by Crippen LogP contribution is -2.12. The number of hydrogen-bond donors (Lipinski definition) is 0. The van der Waals surface area contributed by atoms with Crippen molar-refractivity contribution in [2.45, 2.75) is 13.8 Å². The Bertz CT molecular complexity index is 865. The number of hydrogen-bond acceptors (Lipinski definition) is 5. The van der Waals surface area contributed by atoms with Gasteiger partial charge in [-0.2, -0.15) is 9.97 Å². The maximum atomic E-state index is 12.4. The molecule has 0 saturated heterocycles. The highest BCUT2D eigenvalue weighted by Crippen LogP contribution is 2.28. The molecule has 0 amide bonds. The number of ether oxygens (including phenoxy) is 2. The molecule has 0 spiro atoms. The minimum absolute atomic E-state index is 0.190. The first kappa shape index (κ1) is 16.6. The molecule has 3 aromatic rings. The predicted molar refractivity (Wildman–Crippen MR) is 94.7 cm³/mol. The summed E-state index contributed by atoms with van der Waals surface area (Å²) in [6.07, 6.45) is 0. The van der Waals surface area contributed by atoms with Crippen molar-refractivity contribution in [2.24, 2.45) is 0 Å². The van der Waals surface area contributed by atoms with Crippen LogP contribution in [0.1, 0.15) is 23.0 Å². The number of aryl methyl sites for hydroxylation is 1. The lowest BCUT2D eigenvalue weighted by molar-refractivity contribution is 0.0525. The van der Waals surface area contributed by atoms with Crippen molar-refractivity contribution in [1.82, 2.24) is 9.97 Å². The Kier molecular flexibility index (Phi) is 5.04. The maximum absolute atomic E-state index is 12.4. The highest BCUT2D eigenvalue weighted by Gasteiger charge is 2.21. The molecule has 0 radical (unpaired) electrons. The summed E-state index contributed by atoms with van der Waals surface area (Å²) < 4.78 is 10.9. The Labute approximate surface area is 146 Å². The zero-order valence-electron chi connectivity index (χ0n) is 14.1. The second kappa shape index (κ2) is 7.57. The molecule has 0 aliphatic rings. The molecule has 2 aromatic carbocycles. The zero-order valence-corrected chi connectivity index (χ0v) is 14.1. The van der Waals surface area contributed by atoms with Crippen LogP contribution in [-0.4, -0.2) is 22.5 Å². The third-order valence-electron chi connectivity index (χ3n) is 3.55. The van der Waals surface area contributed by atoms with E-state index < -0.39 is 5.97 Å². The van der Waals surface area contributed by atoms with Gasteiger partial charge in [0.05, 0.1) is 18.0 Å². The van der Waals surface area contributed by atoms with Gasteiger partial charge < -0.3 is 9.47 Å². The van der Waals surface area contributed by atoms with E-state index in [1.807, 2.05) is 60.7 Å². The first-order valence-electron chi connectivity index (χ1n) is 8.03. The largest absolute Gasteiger partial charge is 0.462 e. The lowest BCUT2D eigenvalue weighted by Gasteiger charge is -2.13. The fourth-order valence-corrected chi connectivity index (χ4v) is 2.44. The van der Waals surface area contributed by atoms with E-state index >= 15 is 0 Å². The molecule has 25 heavy (non-hydrogen) atoms. The number of para-hydroxylation sites is 1. The van der Waals surface area contributed by atoms with Gasteiger partial charge >= 0.3 is 12.0 Å². The Morgan fingerprint density at radius 2 is 1.60 bits per heavy atom. The second-order valence-electron chi connectivity index (χ2n) is 5.32. The number of benzene rings is 2. The van der Waals surface area contributed by atoms with Gasteiger partial charge in [-0.15, -0.1) is 0 Å². The van der Waals surface area contributed by atoms with Gasteiger partial charge in [-0.1, -0.05) is 48.5 Å². The number of carbonyl (C=O) groups excluding carboxylic acids is 1. The van der Waals surface area contributed by atoms with E-state index in [0.29, 0.717) is 22.7 Å². The Hall–Kier alpha value is -3.21. The second-order valence-corrected chi connectivity index (χ2v) is 5.32. The number of nitrogens with zero attached hydrogens (tertiary/aromatic N) is 2. The van der Waals surface area contributed by atoms with Gasteiger partial charge in [0.1, 0.15) is 11.3 Å². The highest BCUT2D eigenvalue weighted by atomic mass is 16.5. The van der Waals surface area contributed by atoms with Gasteiger partial charge in [0.15, 0.2) is 0 Å². The van der Waals surface area contributed by atoms with Crippen LogP contribution in [0, 0.1) is 6.92 Å². The first-order valence-corrected chi connectivity index (χ1v) is 8.03. The maximum Gasteiger partial charge on any atom is 0.342 e. The van der Waals surface area contributed by atoms with Crippen molar-refractivity contribution >= 4 is 5.97 Å². The summed E-state index contributed by atoms with van der Waals surface area (Å²) in [4.78, 5) is 21.2. The molecule has 1 heterocycles. The van der Waals surface area contributed by atoms with Crippen molar-refractivity contribution < 1.29 is 14.3 Å². The average Bonchev–Trinajstić information content (AvgIpc) is 2.63. The van der Waals surface area contributed by atoms with E-state index in [9.17, 15) is 4.79 Å². The molecule has 5 heteroatoms. The zero-order chi connectivity index (χ0) is 17.6. The van der Waals surface area contributed by atoms with Crippen molar-refractivity contribution in [3.05, 3.63) is 71.9 Å². The van der Waals surface area contributed by atoms with Crippen LogP contribution >= 0.6 is 0 Å². The van der Waals surface area contributed by atoms with Crippen LogP contribution in [0.15, 0.2) is 60.7 Å². The third kappa shape index (κ3) is 3.83. The van der Waals surface area contributed by atoms with Crippen LogP contribution < -0.4 is 4.74 Å². The molecule has 0 fully saturated rings. The number of esters is 1. The predicted octanol–water partition coefficient (Wildman–Crippen LogP) is 4.42. The van der Waals surface area contributed by atoms with Crippen molar-refractivity contribution in [1.29, 1.82) is 0 Å². The van der Waals surface area contributed by atoms with Gasteiger partial charge in [0, 0.05) is 5.56 Å². The molecule has 0 saturated carbocycles. The highest BCUT2D eigenvalue weighted by molar-refractivity contribution is 5.97. The summed E-state index contributed by atoms with van der Waals surface area (Å²) in [5.74, 6) is 0.190. The van der Waals surface area contributed by atoms with Crippen molar-refractivity contribution in [3.8, 4) is 23.0 Å². The van der Waals surface area contributed by atoms with Crippen LogP contribution in [0.3, 0.4) is 0 Å². The smallest absolute Gasteiger partial charge is 0.342 e. The Morgan fingerprint density at radius 3 is 2.24 bits per heavy atom. The fraction of sp³-hybridized carbons (Fsp3) is 0.150. The number of rotatable bonds is 5. The summed E-state index contributed by atoms with van der Waals surface area (Å²) in [5.41, 5.74) is 2.16. The molecule has 0 N–H and O–H groups in total. The van der Waals surface area contributed by atoms with E-state index in [1.54, 1.807) is 13.8 Å². The van der Waals surface area contributed by atoms with Gasteiger partial charge in [-0.05, 0) is 26.0 Å². The minimum Gasteiger partial charge on any atom is -0.462 e. The molecular formula is C20H18N2O3. The summed E-state index contributed by atoms with van der Waals surface area (Å²) >= 11 is 0. The van der Waals surface area contributed by atoms with E-state index in [0.717, 1.165) is 5.56 Å². The quantitative estimate of drug-likeness (QED) is 0.646. The Balaban J connectivity index is 2.09. The molecule has 0 unspecified atom stereocenters. The van der Waals surface area contributed by atoms with E-state index in [4.69, 9.17) is 9.47 Å². The molecule has 0 aliphatic carbocycles. The molecule has 126 valence electrons. The molecule has 0 aliphatic heterocycles. The summed E-state index contributed by atoms with van der Waals surface area (Å²) in [6, 6.07) is 18.9. The van der Waals surface area contributed by atoms with Gasteiger partial charge in [0.2, 0.25) is 0 Å². The fourth-order valence-electron chi connectivity index (χ4n) is 2.44. The van der Waals surface area contributed by atoms with E-state index in [1.165, 1.54) is 0 Å². The molecule has 0 atom stereocenters. The molecule has 3 rings (SSSR count). The van der Waals surface area contributed by atoms with Gasteiger partial charge in [-0.3, -0.25) is 0 Å². The summed E-state index contributed by atoms with van der Waals surface area (Å²) in [6.45, 7) is 3.80. The van der Waals surface area contributed by atoms with Gasteiger partial charge in [0.25, 0.3) is 0 Å². The van der Waals surface area contributed by atoms with Crippen molar-refractivity contribution in [2.75, 3.05) is 6.61 Å². The van der Waals surface area contributed by atoms with Crippen molar-refractivity contribution in [3.63, 3.8) is 0 Å². The monoisotopic (exact) mass is 334 g/mol. The standard InChI is InChI=1S/C20H18N2O3/c1-3-24-19(23)17-14(2)21-20(25-16-12-8-5-9-13-16)22-18(17)15-10-6-4-7-11-15/h4-13H,3H2,1-2H3. The third-order valence-corrected chi connectivity index (χ3v) is 3.55.